The van der Waals surface area contributed by atoms with Crippen molar-refractivity contribution in [3.05, 3.63) is 59.2 Å². The molecule has 0 radical (unpaired) electrons. The number of nitriles is 1. The molecule has 2 aromatic carbocycles. The fraction of sp³-hybridized carbons (Fsp3) is 0.190. The molecule has 0 bridgehead atoms. The highest BCUT2D eigenvalue weighted by Gasteiger charge is 2.12. The Bertz CT molecular complexity index is 1030. The smallest absolute Gasteiger partial charge is 0.268 e. The van der Waals surface area contributed by atoms with E-state index in [0.717, 1.165) is 33.5 Å². The number of carbonyl (C=O) groups excluding carboxylic acids is 1. The largest absolute Gasteiger partial charge is 0.494 e. The van der Waals surface area contributed by atoms with E-state index in [2.05, 4.69) is 10.3 Å². The lowest BCUT2D eigenvalue weighted by atomic mass is 10.1. The number of ether oxygens (including phenoxy) is 1. The average Bonchev–Trinajstić information content (AvgIpc) is 3.06. The van der Waals surface area contributed by atoms with Gasteiger partial charge in [-0.2, -0.15) is 5.26 Å². The topological polar surface area (TPSA) is 75.0 Å². The van der Waals surface area contributed by atoms with Gasteiger partial charge in [0, 0.05) is 0 Å². The predicted octanol–water partition coefficient (Wildman–Crippen LogP) is 4.94. The number of benzene rings is 2. The van der Waals surface area contributed by atoms with Gasteiger partial charge in [0.2, 0.25) is 0 Å². The van der Waals surface area contributed by atoms with E-state index < -0.39 is 5.91 Å². The minimum absolute atomic E-state index is 0.0210. The highest BCUT2D eigenvalue weighted by Crippen LogP contribution is 2.27. The lowest BCUT2D eigenvalue weighted by Gasteiger charge is -2.04. The van der Waals surface area contributed by atoms with Gasteiger partial charge in [0.25, 0.3) is 5.91 Å². The van der Waals surface area contributed by atoms with Crippen LogP contribution in [0.25, 0.3) is 16.3 Å². The Morgan fingerprint density at radius 2 is 2.07 bits per heavy atom. The van der Waals surface area contributed by atoms with Crippen LogP contribution in [0, 0.1) is 18.3 Å². The SMILES string of the molecule is CCCOc1ccc(/C=C(\C#N)C(=O)Nc2nc3ccc(C)cc3s2)cc1. The number of hydrogen-bond donors (Lipinski definition) is 1. The van der Waals surface area contributed by atoms with E-state index in [1.807, 2.05) is 62.4 Å². The molecule has 136 valence electrons. The summed E-state index contributed by atoms with van der Waals surface area (Å²) in [5, 5.41) is 12.6. The van der Waals surface area contributed by atoms with E-state index in [0.29, 0.717) is 11.7 Å². The van der Waals surface area contributed by atoms with Crippen molar-refractivity contribution in [1.29, 1.82) is 5.26 Å². The zero-order valence-corrected chi connectivity index (χ0v) is 16.0. The van der Waals surface area contributed by atoms with E-state index in [1.54, 1.807) is 6.08 Å². The molecule has 6 heteroatoms. The predicted molar refractivity (Wildman–Crippen MR) is 109 cm³/mol. The van der Waals surface area contributed by atoms with Gasteiger partial charge in [-0.25, -0.2) is 4.98 Å². The van der Waals surface area contributed by atoms with Gasteiger partial charge in [-0.05, 0) is 54.8 Å². The zero-order valence-electron chi connectivity index (χ0n) is 15.2. The van der Waals surface area contributed by atoms with Crippen molar-refractivity contribution in [1.82, 2.24) is 4.98 Å². The second kappa shape index (κ2) is 8.47. The van der Waals surface area contributed by atoms with E-state index in [4.69, 9.17) is 4.74 Å². The van der Waals surface area contributed by atoms with Crippen LogP contribution < -0.4 is 10.1 Å². The summed E-state index contributed by atoms with van der Waals surface area (Å²) in [5.74, 6) is 0.293. The molecule has 5 nitrogen and oxygen atoms in total. The van der Waals surface area contributed by atoms with Crippen molar-refractivity contribution < 1.29 is 9.53 Å². The number of amides is 1. The normalized spacial score (nSPS) is 11.2. The molecule has 0 aliphatic carbocycles. The van der Waals surface area contributed by atoms with Crippen molar-refractivity contribution in [2.75, 3.05) is 11.9 Å². The number of nitrogens with zero attached hydrogens (tertiary/aromatic N) is 2. The van der Waals surface area contributed by atoms with Gasteiger partial charge in [-0.1, -0.05) is 36.5 Å². The first-order valence-corrected chi connectivity index (χ1v) is 9.44. The number of aryl methyl sites for hydroxylation is 1. The minimum atomic E-state index is -0.473. The molecule has 1 amide bonds. The van der Waals surface area contributed by atoms with Gasteiger partial charge < -0.3 is 4.74 Å². The molecule has 0 spiro atoms. The summed E-state index contributed by atoms with van der Waals surface area (Å²) in [4.78, 5) is 16.8. The summed E-state index contributed by atoms with van der Waals surface area (Å²) >= 11 is 1.39. The average molecular weight is 377 g/mol. The molecule has 0 saturated carbocycles. The van der Waals surface area contributed by atoms with Crippen molar-refractivity contribution in [3.63, 3.8) is 0 Å². The molecule has 0 aliphatic rings. The Balaban J connectivity index is 1.74. The molecular formula is C21H19N3O2S. The van der Waals surface area contributed by atoms with Gasteiger partial charge in [0.15, 0.2) is 5.13 Å². The molecule has 0 aliphatic heterocycles. The number of thiazole rings is 1. The van der Waals surface area contributed by atoms with Crippen LogP contribution in [-0.4, -0.2) is 17.5 Å². The summed E-state index contributed by atoms with van der Waals surface area (Å²) in [5.41, 5.74) is 2.73. The molecule has 0 saturated heterocycles. The van der Waals surface area contributed by atoms with Gasteiger partial charge >= 0.3 is 0 Å². The third-order valence-electron chi connectivity index (χ3n) is 3.79. The Labute approximate surface area is 161 Å². The first-order chi connectivity index (χ1) is 13.1. The number of hydrogen-bond acceptors (Lipinski definition) is 5. The molecule has 3 rings (SSSR count). The lowest BCUT2D eigenvalue weighted by Crippen LogP contribution is -2.13. The molecule has 0 atom stereocenters. The molecule has 1 heterocycles. The third kappa shape index (κ3) is 4.72. The minimum Gasteiger partial charge on any atom is -0.494 e. The summed E-state index contributed by atoms with van der Waals surface area (Å²) < 4.78 is 6.53. The van der Waals surface area contributed by atoms with Crippen molar-refractivity contribution >= 4 is 38.7 Å². The van der Waals surface area contributed by atoms with E-state index in [1.165, 1.54) is 11.3 Å². The molecule has 27 heavy (non-hydrogen) atoms. The molecule has 1 N–H and O–H groups in total. The number of rotatable bonds is 6. The Morgan fingerprint density at radius 1 is 1.30 bits per heavy atom. The summed E-state index contributed by atoms with van der Waals surface area (Å²) in [6.45, 7) is 4.71. The number of anilines is 1. The maximum absolute atomic E-state index is 12.4. The van der Waals surface area contributed by atoms with Crippen LogP contribution in [0.5, 0.6) is 5.75 Å². The van der Waals surface area contributed by atoms with E-state index >= 15 is 0 Å². The highest BCUT2D eigenvalue weighted by atomic mass is 32.1. The van der Waals surface area contributed by atoms with E-state index in [9.17, 15) is 10.1 Å². The van der Waals surface area contributed by atoms with Crippen molar-refractivity contribution in [3.8, 4) is 11.8 Å². The van der Waals surface area contributed by atoms with Crippen LogP contribution in [0.2, 0.25) is 0 Å². The Morgan fingerprint density at radius 3 is 2.78 bits per heavy atom. The summed E-state index contributed by atoms with van der Waals surface area (Å²) in [6, 6.07) is 15.1. The molecule has 3 aromatic rings. The molecule has 1 aromatic heterocycles. The van der Waals surface area contributed by atoms with Crippen LogP contribution in [0.1, 0.15) is 24.5 Å². The zero-order chi connectivity index (χ0) is 19.2. The quantitative estimate of drug-likeness (QED) is 0.488. The van der Waals surface area contributed by atoms with Crippen LogP contribution in [-0.2, 0) is 4.79 Å². The fourth-order valence-corrected chi connectivity index (χ4v) is 3.40. The number of carbonyl (C=O) groups is 1. The monoisotopic (exact) mass is 377 g/mol. The standard InChI is InChI=1S/C21H19N3O2S/c1-3-10-26-17-7-5-15(6-8-17)12-16(13-22)20(25)24-21-23-18-9-4-14(2)11-19(18)27-21/h4-9,11-12H,3,10H2,1-2H3,(H,23,24,25)/b16-12+. The molecular weight excluding hydrogens is 358 g/mol. The fourth-order valence-electron chi connectivity index (χ4n) is 2.45. The Kier molecular flexibility index (Phi) is 5.84. The molecule has 0 unspecified atom stereocenters. The maximum Gasteiger partial charge on any atom is 0.268 e. The lowest BCUT2D eigenvalue weighted by molar-refractivity contribution is -0.112. The summed E-state index contributed by atoms with van der Waals surface area (Å²) in [7, 11) is 0. The van der Waals surface area contributed by atoms with Crippen molar-refractivity contribution in [2.45, 2.75) is 20.3 Å². The highest BCUT2D eigenvalue weighted by molar-refractivity contribution is 7.22. The summed E-state index contributed by atoms with van der Waals surface area (Å²) in [6.07, 6.45) is 2.49. The van der Waals surface area contributed by atoms with Crippen LogP contribution in [0.15, 0.2) is 48.0 Å². The Hall–Kier alpha value is -3.17. The van der Waals surface area contributed by atoms with E-state index in [-0.39, 0.29) is 5.57 Å². The number of aromatic nitrogens is 1. The first-order valence-electron chi connectivity index (χ1n) is 8.62. The van der Waals surface area contributed by atoms with Gasteiger partial charge in [0.1, 0.15) is 17.4 Å². The van der Waals surface area contributed by atoms with Crippen LogP contribution in [0.3, 0.4) is 0 Å². The third-order valence-corrected chi connectivity index (χ3v) is 4.73. The first kappa shape index (κ1) is 18.6. The van der Waals surface area contributed by atoms with Gasteiger partial charge in [-0.15, -0.1) is 0 Å². The van der Waals surface area contributed by atoms with Crippen LogP contribution in [0.4, 0.5) is 5.13 Å². The number of fused-ring (bicyclic) bond motifs is 1. The number of nitrogens with one attached hydrogen (secondary N) is 1. The van der Waals surface area contributed by atoms with Gasteiger partial charge in [-0.3, -0.25) is 10.1 Å². The van der Waals surface area contributed by atoms with Gasteiger partial charge in [0.05, 0.1) is 16.8 Å². The van der Waals surface area contributed by atoms with Crippen LogP contribution >= 0.6 is 11.3 Å². The second-order valence-corrected chi connectivity index (χ2v) is 7.06. The second-order valence-electron chi connectivity index (χ2n) is 6.03. The van der Waals surface area contributed by atoms with Crippen molar-refractivity contribution in [2.24, 2.45) is 0 Å². The molecule has 0 fully saturated rings. The maximum atomic E-state index is 12.4.